The number of anilines is 1. The first-order chi connectivity index (χ1) is 8.65. The highest BCUT2D eigenvalue weighted by molar-refractivity contribution is 6.31. The van der Waals surface area contributed by atoms with Crippen molar-refractivity contribution in [2.24, 2.45) is 0 Å². The number of aliphatic hydroxyl groups is 1. The van der Waals surface area contributed by atoms with Crippen molar-refractivity contribution in [1.82, 2.24) is 9.97 Å². The lowest BCUT2D eigenvalue weighted by molar-refractivity contribution is -0.384. The van der Waals surface area contributed by atoms with Gasteiger partial charge in [0.2, 0.25) is 11.0 Å². The van der Waals surface area contributed by atoms with E-state index in [-0.39, 0.29) is 29.3 Å². The molecule has 7 nitrogen and oxygen atoms in total. The highest BCUT2D eigenvalue weighted by Crippen LogP contribution is 2.34. The summed E-state index contributed by atoms with van der Waals surface area (Å²) in [7, 11) is 0. The van der Waals surface area contributed by atoms with Gasteiger partial charge in [-0.2, -0.15) is 0 Å². The molecule has 1 fully saturated rings. The van der Waals surface area contributed by atoms with Crippen LogP contribution in [0.2, 0.25) is 5.15 Å². The van der Waals surface area contributed by atoms with Gasteiger partial charge < -0.3 is 10.0 Å². The fourth-order valence-electron chi connectivity index (χ4n) is 2.19. The van der Waals surface area contributed by atoms with Crippen LogP contribution in [0.3, 0.4) is 0 Å². The molecule has 18 heavy (non-hydrogen) atoms. The van der Waals surface area contributed by atoms with Gasteiger partial charge in [-0.15, -0.1) is 0 Å². The Morgan fingerprint density at radius 1 is 1.56 bits per heavy atom. The van der Waals surface area contributed by atoms with Crippen LogP contribution in [0, 0.1) is 10.1 Å². The van der Waals surface area contributed by atoms with Crippen molar-refractivity contribution in [3.63, 3.8) is 0 Å². The predicted octanol–water partition coefficient (Wildman–Crippen LogP) is 1.39. The van der Waals surface area contributed by atoms with Gasteiger partial charge in [0.05, 0.1) is 17.6 Å². The van der Waals surface area contributed by atoms with Crippen molar-refractivity contribution in [1.29, 1.82) is 0 Å². The normalized spacial score (nSPS) is 19.9. The van der Waals surface area contributed by atoms with Crippen molar-refractivity contribution in [3.8, 4) is 0 Å². The summed E-state index contributed by atoms with van der Waals surface area (Å²) in [6.07, 6.45) is 3.90. The van der Waals surface area contributed by atoms with E-state index in [1.807, 2.05) is 0 Å². The molecular weight excluding hydrogens is 260 g/mol. The maximum absolute atomic E-state index is 11.0. The minimum atomic E-state index is -0.583. The van der Waals surface area contributed by atoms with E-state index in [1.54, 1.807) is 4.90 Å². The minimum Gasteiger partial charge on any atom is -0.394 e. The number of aromatic nitrogens is 2. The molecule has 0 spiro atoms. The summed E-state index contributed by atoms with van der Waals surface area (Å²) in [5, 5.41) is 20.2. The average Bonchev–Trinajstić information content (AvgIpc) is 2.38. The van der Waals surface area contributed by atoms with Gasteiger partial charge >= 0.3 is 5.69 Å². The molecule has 1 aliphatic rings. The molecule has 8 heteroatoms. The number of halogens is 1. The summed E-state index contributed by atoms with van der Waals surface area (Å²) in [5.74, 6) is 0.193. The molecule has 1 aliphatic heterocycles. The van der Waals surface area contributed by atoms with Gasteiger partial charge in [0.1, 0.15) is 6.33 Å². The molecule has 2 rings (SSSR count). The summed E-state index contributed by atoms with van der Waals surface area (Å²) >= 11 is 5.75. The smallest absolute Gasteiger partial charge is 0.348 e. The lowest BCUT2D eigenvalue weighted by Gasteiger charge is -2.34. The largest absolute Gasteiger partial charge is 0.394 e. The fourth-order valence-corrected chi connectivity index (χ4v) is 2.38. The first-order valence-corrected chi connectivity index (χ1v) is 6.05. The van der Waals surface area contributed by atoms with Crippen molar-refractivity contribution in [2.75, 3.05) is 18.1 Å². The molecule has 0 aromatic carbocycles. The van der Waals surface area contributed by atoms with Crippen molar-refractivity contribution < 1.29 is 10.0 Å². The van der Waals surface area contributed by atoms with E-state index < -0.39 is 4.92 Å². The Morgan fingerprint density at radius 2 is 2.33 bits per heavy atom. The molecule has 0 amide bonds. The molecule has 0 aliphatic carbocycles. The molecule has 2 heterocycles. The van der Waals surface area contributed by atoms with Crippen LogP contribution < -0.4 is 4.90 Å². The Morgan fingerprint density at radius 3 is 3.00 bits per heavy atom. The minimum absolute atomic E-state index is 0.0568. The summed E-state index contributed by atoms with van der Waals surface area (Å²) in [6, 6.07) is -0.150. The van der Waals surface area contributed by atoms with E-state index in [0.29, 0.717) is 6.54 Å². The maximum atomic E-state index is 11.0. The number of rotatable bonds is 3. The highest BCUT2D eigenvalue weighted by Gasteiger charge is 2.31. The number of nitrogens with zero attached hydrogens (tertiary/aromatic N) is 4. The zero-order chi connectivity index (χ0) is 13.1. The van der Waals surface area contributed by atoms with Gasteiger partial charge in [0, 0.05) is 6.54 Å². The topological polar surface area (TPSA) is 92.4 Å². The molecule has 0 saturated carbocycles. The van der Waals surface area contributed by atoms with Crippen LogP contribution in [-0.4, -0.2) is 39.2 Å². The quantitative estimate of drug-likeness (QED) is 0.508. The van der Waals surface area contributed by atoms with Crippen LogP contribution >= 0.6 is 11.6 Å². The summed E-state index contributed by atoms with van der Waals surface area (Å²) in [5.41, 5.74) is -0.292. The molecule has 1 aromatic heterocycles. The Bertz CT molecular complexity index is 457. The second kappa shape index (κ2) is 5.45. The SMILES string of the molecule is O=[N+]([O-])c1c(Cl)ncnc1N1CCCCC1CO. The average molecular weight is 273 g/mol. The molecule has 0 radical (unpaired) electrons. The second-order valence-electron chi connectivity index (χ2n) is 4.12. The van der Waals surface area contributed by atoms with Crippen LogP contribution in [-0.2, 0) is 0 Å². The van der Waals surface area contributed by atoms with Crippen LogP contribution in [0.4, 0.5) is 11.5 Å². The van der Waals surface area contributed by atoms with E-state index in [2.05, 4.69) is 9.97 Å². The van der Waals surface area contributed by atoms with Crippen molar-refractivity contribution in [3.05, 3.63) is 21.6 Å². The third kappa shape index (κ3) is 2.37. The van der Waals surface area contributed by atoms with Crippen molar-refractivity contribution in [2.45, 2.75) is 25.3 Å². The van der Waals surface area contributed by atoms with Crippen molar-refractivity contribution >= 4 is 23.1 Å². The van der Waals surface area contributed by atoms with E-state index in [4.69, 9.17) is 11.6 Å². The van der Waals surface area contributed by atoms with Crippen LogP contribution in [0.1, 0.15) is 19.3 Å². The molecule has 1 N–H and O–H groups in total. The fraction of sp³-hybridized carbons (Fsp3) is 0.600. The first-order valence-electron chi connectivity index (χ1n) is 5.67. The van der Waals surface area contributed by atoms with E-state index in [9.17, 15) is 15.2 Å². The standard InChI is InChI=1S/C10H13ClN4O3/c11-9-8(15(17)18)10(13-6-12-9)14-4-2-1-3-7(14)5-16/h6-7,16H,1-5H2. The molecule has 1 aromatic rings. The molecule has 0 bridgehead atoms. The Balaban J connectivity index is 2.42. The zero-order valence-electron chi connectivity index (χ0n) is 9.62. The van der Waals surface area contributed by atoms with Gasteiger partial charge in [-0.3, -0.25) is 10.1 Å². The summed E-state index contributed by atoms with van der Waals surface area (Å²) in [4.78, 5) is 19.8. The molecule has 1 saturated heterocycles. The maximum Gasteiger partial charge on any atom is 0.348 e. The monoisotopic (exact) mass is 272 g/mol. The van der Waals surface area contributed by atoms with Crippen LogP contribution in [0.25, 0.3) is 0 Å². The Labute approximate surface area is 109 Å². The molecule has 1 atom stereocenters. The summed E-state index contributed by atoms with van der Waals surface area (Å²) < 4.78 is 0. The third-order valence-electron chi connectivity index (χ3n) is 3.05. The van der Waals surface area contributed by atoms with E-state index >= 15 is 0 Å². The number of hydrogen-bond donors (Lipinski definition) is 1. The van der Waals surface area contributed by atoms with Crippen LogP contribution in [0.5, 0.6) is 0 Å². The van der Waals surface area contributed by atoms with Gasteiger partial charge in [0.15, 0.2) is 0 Å². The molecule has 98 valence electrons. The molecule has 1 unspecified atom stereocenters. The number of hydrogen-bond acceptors (Lipinski definition) is 6. The van der Waals surface area contributed by atoms with Gasteiger partial charge in [-0.25, -0.2) is 9.97 Å². The predicted molar refractivity (Wildman–Crippen MR) is 65.8 cm³/mol. The summed E-state index contributed by atoms with van der Waals surface area (Å²) in [6.45, 7) is 0.568. The Kier molecular flexibility index (Phi) is 3.93. The lowest BCUT2D eigenvalue weighted by Crippen LogP contribution is -2.42. The van der Waals surface area contributed by atoms with Gasteiger partial charge in [0.25, 0.3) is 0 Å². The number of nitro groups is 1. The highest BCUT2D eigenvalue weighted by atomic mass is 35.5. The van der Waals surface area contributed by atoms with Gasteiger partial charge in [-0.05, 0) is 19.3 Å². The number of aliphatic hydroxyl groups excluding tert-OH is 1. The second-order valence-corrected chi connectivity index (χ2v) is 4.48. The van der Waals surface area contributed by atoms with E-state index in [1.165, 1.54) is 6.33 Å². The lowest BCUT2D eigenvalue weighted by atomic mass is 10.0. The molecular formula is C10H13ClN4O3. The number of piperidine rings is 1. The van der Waals surface area contributed by atoms with E-state index in [0.717, 1.165) is 19.3 Å². The zero-order valence-corrected chi connectivity index (χ0v) is 10.4. The van der Waals surface area contributed by atoms with Gasteiger partial charge in [-0.1, -0.05) is 11.6 Å². The Hall–Kier alpha value is -1.47. The van der Waals surface area contributed by atoms with Crippen LogP contribution in [0.15, 0.2) is 6.33 Å². The first kappa shape index (κ1) is 13.0. The third-order valence-corrected chi connectivity index (χ3v) is 3.33.